The van der Waals surface area contributed by atoms with Gasteiger partial charge in [0.2, 0.25) is 8.32 Å². The van der Waals surface area contributed by atoms with Crippen LogP contribution < -0.4 is 0 Å². The second-order valence-electron chi connectivity index (χ2n) is 3.17. The van der Waals surface area contributed by atoms with Crippen molar-refractivity contribution >= 4 is 8.32 Å². The fourth-order valence-corrected chi connectivity index (χ4v) is 1.42. The van der Waals surface area contributed by atoms with Crippen molar-refractivity contribution in [2.45, 2.75) is 19.6 Å². The fraction of sp³-hybridized carbons (Fsp3) is 0.500. The van der Waals surface area contributed by atoms with E-state index in [1.54, 1.807) is 19.4 Å². The highest BCUT2D eigenvalue weighted by Crippen LogP contribution is 2.10. The maximum absolute atomic E-state index is 5.58. The van der Waals surface area contributed by atoms with Gasteiger partial charge < -0.3 is 9.16 Å². The summed E-state index contributed by atoms with van der Waals surface area (Å²) in [5, 5.41) is 0. The molecular weight excluding hydrogens is 156 g/mol. The average Bonchev–Trinajstić information content (AvgIpc) is 1.84. The fourth-order valence-electron chi connectivity index (χ4n) is 0.584. The molecule has 0 bridgehead atoms. The van der Waals surface area contributed by atoms with Crippen LogP contribution in [-0.2, 0) is 9.16 Å². The maximum Gasteiger partial charge on any atom is 0.242 e. The molecule has 0 radical (unpaired) electrons. The molecule has 0 aliphatic carbocycles. The summed E-state index contributed by atoms with van der Waals surface area (Å²) in [7, 11) is 0.0963. The Labute approximate surface area is 69.6 Å². The summed E-state index contributed by atoms with van der Waals surface area (Å²) in [6.45, 7) is 9.95. The number of hydrogen-bond donors (Lipinski definition) is 0. The molecule has 0 rings (SSSR count). The van der Waals surface area contributed by atoms with Gasteiger partial charge in [-0.1, -0.05) is 6.58 Å². The van der Waals surface area contributed by atoms with Gasteiger partial charge in [0.05, 0.1) is 7.11 Å². The molecule has 0 aliphatic heterocycles. The largest absolute Gasteiger partial charge is 0.542 e. The van der Waals surface area contributed by atoms with E-state index in [-0.39, 0.29) is 0 Å². The first kappa shape index (κ1) is 10.3. The Morgan fingerprint density at radius 2 is 1.91 bits per heavy atom. The molecule has 0 N–H and O–H groups in total. The van der Waals surface area contributed by atoms with Crippen LogP contribution in [0.25, 0.3) is 0 Å². The number of methoxy groups -OCH3 is 1. The summed E-state index contributed by atoms with van der Waals surface area (Å²) in [5.41, 5.74) is 0. The molecule has 0 amide bonds. The van der Waals surface area contributed by atoms with Crippen LogP contribution in [0.2, 0.25) is 19.6 Å². The number of rotatable bonds is 4. The van der Waals surface area contributed by atoms with Gasteiger partial charge in [-0.25, -0.2) is 0 Å². The first-order valence-corrected chi connectivity index (χ1v) is 6.95. The molecule has 0 atom stereocenters. The Balaban J connectivity index is 4.09. The zero-order valence-corrected chi connectivity index (χ0v) is 8.68. The highest BCUT2D eigenvalue weighted by atomic mass is 28.4. The van der Waals surface area contributed by atoms with Crippen LogP contribution in [0.4, 0.5) is 0 Å². The second-order valence-corrected chi connectivity index (χ2v) is 7.60. The summed E-state index contributed by atoms with van der Waals surface area (Å²) < 4.78 is 10.4. The van der Waals surface area contributed by atoms with E-state index < -0.39 is 8.32 Å². The summed E-state index contributed by atoms with van der Waals surface area (Å²) in [5.74, 6) is 0.715. The molecule has 0 spiro atoms. The van der Waals surface area contributed by atoms with Crippen molar-refractivity contribution in [1.29, 1.82) is 0 Å². The standard InChI is InChI=1S/C8H16O2Si/c1-6-8(7-9-2)10-11(3,4)5/h6-7H,1H2,2-5H3. The zero-order chi connectivity index (χ0) is 8.91. The molecular formula is C8H16O2Si. The normalized spacial score (nSPS) is 12.5. The quantitative estimate of drug-likeness (QED) is 0.368. The molecule has 0 aliphatic rings. The summed E-state index contributed by atoms with van der Waals surface area (Å²) in [6, 6.07) is 0. The summed E-state index contributed by atoms with van der Waals surface area (Å²) in [4.78, 5) is 0. The van der Waals surface area contributed by atoms with E-state index in [1.165, 1.54) is 0 Å². The van der Waals surface area contributed by atoms with Gasteiger partial charge in [0.1, 0.15) is 12.0 Å². The van der Waals surface area contributed by atoms with Crippen LogP contribution in [-0.4, -0.2) is 15.4 Å². The zero-order valence-electron chi connectivity index (χ0n) is 7.68. The molecule has 0 aromatic rings. The van der Waals surface area contributed by atoms with Gasteiger partial charge in [-0.05, 0) is 25.7 Å². The van der Waals surface area contributed by atoms with Crippen LogP contribution in [0.3, 0.4) is 0 Å². The van der Waals surface area contributed by atoms with E-state index in [0.29, 0.717) is 5.76 Å². The van der Waals surface area contributed by atoms with E-state index in [2.05, 4.69) is 26.2 Å². The summed E-state index contributed by atoms with van der Waals surface area (Å²) >= 11 is 0. The predicted molar refractivity (Wildman–Crippen MR) is 49.7 cm³/mol. The highest BCUT2D eigenvalue weighted by Gasteiger charge is 2.16. The Bertz CT molecular complexity index is 156. The minimum absolute atomic E-state index is 0.715. The third kappa shape index (κ3) is 5.73. The molecule has 0 aromatic carbocycles. The minimum atomic E-state index is -1.50. The van der Waals surface area contributed by atoms with Crippen LogP contribution >= 0.6 is 0 Å². The van der Waals surface area contributed by atoms with Gasteiger partial charge in [0, 0.05) is 0 Å². The van der Waals surface area contributed by atoms with E-state index >= 15 is 0 Å². The van der Waals surface area contributed by atoms with Crippen molar-refractivity contribution in [1.82, 2.24) is 0 Å². The molecule has 0 saturated carbocycles. The van der Waals surface area contributed by atoms with Gasteiger partial charge >= 0.3 is 0 Å². The molecule has 0 aromatic heterocycles. The molecule has 0 fully saturated rings. The van der Waals surface area contributed by atoms with Gasteiger partial charge in [0.15, 0.2) is 0 Å². The Kier molecular flexibility index (Phi) is 3.96. The molecule has 0 saturated heterocycles. The van der Waals surface area contributed by atoms with E-state index in [9.17, 15) is 0 Å². The summed E-state index contributed by atoms with van der Waals surface area (Å²) in [6.07, 6.45) is 3.22. The number of hydrogen-bond acceptors (Lipinski definition) is 2. The van der Waals surface area contributed by atoms with Gasteiger partial charge in [-0.2, -0.15) is 0 Å². The van der Waals surface area contributed by atoms with Crippen molar-refractivity contribution in [3.8, 4) is 0 Å². The topological polar surface area (TPSA) is 18.5 Å². The highest BCUT2D eigenvalue weighted by molar-refractivity contribution is 6.70. The lowest BCUT2D eigenvalue weighted by Crippen LogP contribution is -2.24. The third-order valence-electron chi connectivity index (χ3n) is 0.859. The maximum atomic E-state index is 5.58. The van der Waals surface area contributed by atoms with Crippen molar-refractivity contribution in [2.75, 3.05) is 7.11 Å². The first-order valence-electron chi connectivity index (χ1n) is 3.54. The van der Waals surface area contributed by atoms with Crippen LogP contribution in [0.5, 0.6) is 0 Å². The number of allylic oxidation sites excluding steroid dienone is 1. The van der Waals surface area contributed by atoms with Crippen LogP contribution in [0.1, 0.15) is 0 Å². The third-order valence-corrected chi connectivity index (χ3v) is 1.71. The van der Waals surface area contributed by atoms with Crippen molar-refractivity contribution in [2.24, 2.45) is 0 Å². The minimum Gasteiger partial charge on any atom is -0.542 e. The molecule has 3 heteroatoms. The Hall–Kier alpha value is -0.703. The SMILES string of the molecule is C=CC(=COC)O[Si](C)(C)C. The monoisotopic (exact) mass is 172 g/mol. The first-order chi connectivity index (χ1) is 4.99. The van der Waals surface area contributed by atoms with Gasteiger partial charge in [-0.3, -0.25) is 0 Å². The average molecular weight is 172 g/mol. The lowest BCUT2D eigenvalue weighted by Gasteiger charge is -2.19. The second kappa shape index (κ2) is 4.23. The van der Waals surface area contributed by atoms with E-state index in [1.807, 2.05) is 0 Å². The van der Waals surface area contributed by atoms with Crippen molar-refractivity contribution in [3.05, 3.63) is 24.7 Å². The number of ether oxygens (including phenoxy) is 1. The molecule has 64 valence electrons. The van der Waals surface area contributed by atoms with Gasteiger partial charge in [-0.15, -0.1) is 0 Å². The Morgan fingerprint density at radius 1 is 1.36 bits per heavy atom. The van der Waals surface area contributed by atoms with Gasteiger partial charge in [0.25, 0.3) is 0 Å². The Morgan fingerprint density at radius 3 is 2.18 bits per heavy atom. The van der Waals surface area contributed by atoms with E-state index in [0.717, 1.165) is 0 Å². The molecule has 2 nitrogen and oxygen atoms in total. The van der Waals surface area contributed by atoms with E-state index in [4.69, 9.17) is 9.16 Å². The molecule has 11 heavy (non-hydrogen) atoms. The van der Waals surface area contributed by atoms with Crippen LogP contribution in [0.15, 0.2) is 24.7 Å². The lowest BCUT2D eigenvalue weighted by atomic mass is 10.5. The van der Waals surface area contributed by atoms with Crippen molar-refractivity contribution in [3.63, 3.8) is 0 Å². The smallest absolute Gasteiger partial charge is 0.242 e. The van der Waals surface area contributed by atoms with Crippen LogP contribution in [0, 0.1) is 0 Å². The van der Waals surface area contributed by atoms with Crippen molar-refractivity contribution < 1.29 is 9.16 Å². The predicted octanol–water partition coefficient (Wildman–Crippen LogP) is 2.51. The molecule has 0 unspecified atom stereocenters. The molecule has 0 heterocycles. The lowest BCUT2D eigenvalue weighted by molar-refractivity contribution is 0.308.